The third kappa shape index (κ3) is 4.13. The summed E-state index contributed by atoms with van der Waals surface area (Å²) in [5.74, 6) is -0.677. The predicted molar refractivity (Wildman–Crippen MR) is 82.0 cm³/mol. The van der Waals surface area contributed by atoms with Crippen molar-refractivity contribution < 1.29 is 21.6 Å². The van der Waals surface area contributed by atoms with Crippen LogP contribution in [0.4, 0.5) is 24.5 Å². The maximum Gasteiger partial charge on any atom is 0.416 e. The average Bonchev–Trinajstić information content (AvgIpc) is 2.46. The van der Waals surface area contributed by atoms with E-state index in [1.807, 2.05) is 0 Å². The molecule has 0 saturated heterocycles. The lowest BCUT2D eigenvalue weighted by Crippen LogP contribution is -2.24. The molecule has 11 heteroatoms. The summed E-state index contributed by atoms with van der Waals surface area (Å²) in [5.41, 5.74) is 9.28. The van der Waals surface area contributed by atoms with E-state index in [-0.39, 0.29) is 16.3 Å². The molecular formula is C13H12F3N5O2S. The molecule has 0 saturated carbocycles. The summed E-state index contributed by atoms with van der Waals surface area (Å²) in [7, 11) is -4.26. The lowest BCUT2D eigenvalue weighted by Gasteiger charge is -2.12. The van der Waals surface area contributed by atoms with Crippen LogP contribution in [0.15, 0.2) is 52.0 Å². The first-order chi connectivity index (χ1) is 11.1. The molecule has 5 N–H and O–H groups in total. The van der Waals surface area contributed by atoms with Crippen LogP contribution < -0.4 is 16.8 Å². The van der Waals surface area contributed by atoms with Crippen LogP contribution in [-0.4, -0.2) is 19.4 Å². The standard InChI is InChI=1S/C13H12F3N5O2S/c14-13(15,16)8-2-1-3-9(6-8)20-10-4-5-19-7-11(10)24(22,23)21-12(17)18/h1-7H,(H,19,20)(H4,17,18,21). The van der Waals surface area contributed by atoms with E-state index >= 15 is 0 Å². The Morgan fingerprint density at radius 1 is 1.21 bits per heavy atom. The highest BCUT2D eigenvalue weighted by Gasteiger charge is 2.30. The normalized spacial score (nSPS) is 11.8. The van der Waals surface area contributed by atoms with Gasteiger partial charge in [-0.2, -0.15) is 21.6 Å². The molecule has 0 fully saturated rings. The van der Waals surface area contributed by atoms with Crippen molar-refractivity contribution in [3.05, 3.63) is 48.3 Å². The minimum absolute atomic E-state index is 0.0191. The zero-order chi connectivity index (χ0) is 18.0. The maximum atomic E-state index is 12.7. The van der Waals surface area contributed by atoms with Gasteiger partial charge in [0.25, 0.3) is 10.0 Å². The van der Waals surface area contributed by atoms with E-state index < -0.39 is 27.7 Å². The molecule has 0 aliphatic carbocycles. The van der Waals surface area contributed by atoms with E-state index in [4.69, 9.17) is 11.5 Å². The molecule has 2 rings (SSSR count). The Morgan fingerprint density at radius 3 is 2.54 bits per heavy atom. The molecule has 24 heavy (non-hydrogen) atoms. The summed E-state index contributed by atoms with van der Waals surface area (Å²) >= 11 is 0. The molecule has 0 bridgehead atoms. The summed E-state index contributed by atoms with van der Waals surface area (Å²) in [4.78, 5) is 3.29. The lowest BCUT2D eigenvalue weighted by molar-refractivity contribution is -0.137. The molecule has 0 spiro atoms. The van der Waals surface area contributed by atoms with Gasteiger partial charge in [0, 0.05) is 18.1 Å². The van der Waals surface area contributed by atoms with Crippen LogP contribution in [0.2, 0.25) is 0 Å². The topological polar surface area (TPSA) is 123 Å². The Labute approximate surface area is 135 Å². The van der Waals surface area contributed by atoms with Crippen molar-refractivity contribution in [3.8, 4) is 0 Å². The number of pyridine rings is 1. The summed E-state index contributed by atoms with van der Waals surface area (Å²) in [6.45, 7) is 0. The number of nitrogens with two attached hydrogens (primary N) is 2. The Bertz CT molecular complexity index is 877. The highest BCUT2D eigenvalue weighted by molar-refractivity contribution is 7.90. The largest absolute Gasteiger partial charge is 0.416 e. The molecular weight excluding hydrogens is 347 g/mol. The van der Waals surface area contributed by atoms with Crippen molar-refractivity contribution in [3.63, 3.8) is 0 Å². The predicted octanol–water partition coefficient (Wildman–Crippen LogP) is 1.81. The summed E-state index contributed by atoms with van der Waals surface area (Å²) in [6.07, 6.45) is -2.27. The molecule has 0 unspecified atom stereocenters. The van der Waals surface area contributed by atoms with E-state index in [0.29, 0.717) is 0 Å². The Morgan fingerprint density at radius 2 is 1.92 bits per heavy atom. The molecule has 0 radical (unpaired) electrons. The van der Waals surface area contributed by atoms with Gasteiger partial charge >= 0.3 is 6.18 Å². The van der Waals surface area contributed by atoms with E-state index in [2.05, 4.69) is 14.7 Å². The number of guanidine groups is 1. The van der Waals surface area contributed by atoms with Gasteiger partial charge in [-0.25, -0.2) is 0 Å². The van der Waals surface area contributed by atoms with Crippen LogP contribution in [0, 0.1) is 0 Å². The second-order valence-electron chi connectivity index (χ2n) is 4.57. The van der Waals surface area contributed by atoms with Gasteiger partial charge in [0.05, 0.1) is 11.3 Å². The number of nitrogens with zero attached hydrogens (tertiary/aromatic N) is 2. The summed E-state index contributed by atoms with van der Waals surface area (Å²) < 4.78 is 65.5. The molecule has 1 aromatic carbocycles. The molecule has 0 aliphatic rings. The first-order valence-electron chi connectivity index (χ1n) is 6.34. The number of aromatic nitrogens is 1. The molecule has 0 amide bonds. The third-order valence-electron chi connectivity index (χ3n) is 2.76. The molecule has 0 aliphatic heterocycles. The monoisotopic (exact) mass is 359 g/mol. The summed E-state index contributed by atoms with van der Waals surface area (Å²) in [6, 6.07) is 5.56. The van der Waals surface area contributed by atoms with Crippen LogP contribution in [0.5, 0.6) is 0 Å². The van der Waals surface area contributed by atoms with Crippen LogP contribution in [-0.2, 0) is 16.2 Å². The number of nitrogens with one attached hydrogen (secondary N) is 1. The van der Waals surface area contributed by atoms with Crippen LogP contribution in [0.25, 0.3) is 0 Å². The molecule has 0 atom stereocenters. The first kappa shape index (κ1) is 17.5. The molecule has 1 aromatic heterocycles. The minimum Gasteiger partial charge on any atom is -0.369 e. The van der Waals surface area contributed by atoms with Crippen LogP contribution in [0.3, 0.4) is 0 Å². The van der Waals surface area contributed by atoms with Crippen molar-refractivity contribution in [2.45, 2.75) is 11.1 Å². The quantitative estimate of drug-likeness (QED) is 0.565. The maximum absolute atomic E-state index is 12.7. The van der Waals surface area contributed by atoms with Crippen molar-refractivity contribution in [2.75, 3.05) is 5.32 Å². The van der Waals surface area contributed by atoms with Gasteiger partial charge in [-0.15, -0.1) is 4.40 Å². The van der Waals surface area contributed by atoms with Crippen molar-refractivity contribution in [2.24, 2.45) is 15.9 Å². The van der Waals surface area contributed by atoms with E-state index in [1.165, 1.54) is 24.4 Å². The number of benzene rings is 1. The van der Waals surface area contributed by atoms with Crippen LogP contribution >= 0.6 is 0 Å². The lowest BCUT2D eigenvalue weighted by atomic mass is 10.2. The zero-order valence-corrected chi connectivity index (χ0v) is 12.8. The van der Waals surface area contributed by atoms with Gasteiger partial charge in [0.15, 0.2) is 0 Å². The van der Waals surface area contributed by atoms with Crippen molar-refractivity contribution in [1.82, 2.24) is 4.98 Å². The van der Waals surface area contributed by atoms with Gasteiger partial charge in [-0.05, 0) is 24.3 Å². The van der Waals surface area contributed by atoms with E-state index in [9.17, 15) is 21.6 Å². The van der Waals surface area contributed by atoms with E-state index in [1.54, 1.807) is 0 Å². The van der Waals surface area contributed by atoms with Gasteiger partial charge in [0.1, 0.15) is 4.90 Å². The first-order valence-corrected chi connectivity index (χ1v) is 7.78. The Balaban J connectivity index is 2.44. The smallest absolute Gasteiger partial charge is 0.369 e. The third-order valence-corrected chi connectivity index (χ3v) is 4.09. The number of halogens is 3. The molecule has 7 nitrogen and oxygen atoms in total. The Hall–Kier alpha value is -2.82. The summed E-state index contributed by atoms with van der Waals surface area (Å²) in [5, 5.41) is 2.59. The minimum atomic E-state index is -4.52. The van der Waals surface area contributed by atoms with Crippen molar-refractivity contribution in [1.29, 1.82) is 0 Å². The van der Waals surface area contributed by atoms with E-state index in [0.717, 1.165) is 18.3 Å². The molecule has 1 heterocycles. The Kier molecular flexibility index (Phi) is 4.64. The average molecular weight is 359 g/mol. The second kappa shape index (κ2) is 6.35. The molecule has 2 aromatic rings. The number of hydrogen-bond acceptors (Lipinski definition) is 4. The number of anilines is 2. The van der Waals surface area contributed by atoms with Gasteiger partial charge in [-0.1, -0.05) is 6.07 Å². The highest BCUT2D eigenvalue weighted by atomic mass is 32.2. The van der Waals surface area contributed by atoms with Crippen LogP contribution in [0.1, 0.15) is 5.56 Å². The van der Waals surface area contributed by atoms with Gasteiger partial charge in [-0.3, -0.25) is 4.98 Å². The fraction of sp³-hybridized carbons (Fsp3) is 0.0769. The second-order valence-corrected chi connectivity index (χ2v) is 6.14. The fourth-order valence-corrected chi connectivity index (χ4v) is 2.77. The molecule has 128 valence electrons. The SMILES string of the molecule is NC(N)=NS(=O)(=O)c1cnccc1Nc1cccc(C(F)(F)F)c1. The highest BCUT2D eigenvalue weighted by Crippen LogP contribution is 2.32. The number of rotatable bonds is 4. The number of hydrogen-bond donors (Lipinski definition) is 3. The fourth-order valence-electron chi connectivity index (χ4n) is 1.81. The van der Waals surface area contributed by atoms with Crippen molar-refractivity contribution >= 4 is 27.4 Å². The number of sulfonamides is 1. The van der Waals surface area contributed by atoms with Gasteiger partial charge in [0.2, 0.25) is 5.96 Å². The van der Waals surface area contributed by atoms with Gasteiger partial charge < -0.3 is 16.8 Å². The number of alkyl halides is 3. The zero-order valence-electron chi connectivity index (χ0n) is 11.9.